The summed E-state index contributed by atoms with van der Waals surface area (Å²) < 4.78 is 10.9. The molecule has 4 nitrogen and oxygen atoms in total. The highest BCUT2D eigenvalue weighted by atomic mass is 16.3. The average Bonchev–Trinajstić information content (AvgIpc) is 3.22. The zero-order chi connectivity index (χ0) is 14.5. The van der Waals surface area contributed by atoms with Gasteiger partial charge in [0.25, 0.3) is 0 Å². The molecule has 110 valence electrons. The fourth-order valence-electron chi connectivity index (χ4n) is 2.70. The number of hydrogen-bond donors (Lipinski definition) is 1. The van der Waals surface area contributed by atoms with Gasteiger partial charge < -0.3 is 14.2 Å². The number of nitrogens with one attached hydrogen (secondary N) is 1. The van der Waals surface area contributed by atoms with Crippen molar-refractivity contribution >= 4 is 5.91 Å². The minimum Gasteiger partial charge on any atom is -0.469 e. The van der Waals surface area contributed by atoms with Crippen molar-refractivity contribution in [3.05, 3.63) is 60.5 Å². The number of rotatable bonds is 5. The smallest absolute Gasteiger partial charge is 0.223 e. The number of carbonyl (C=O) groups is 1. The van der Waals surface area contributed by atoms with E-state index in [4.69, 9.17) is 8.83 Å². The maximum absolute atomic E-state index is 12.2. The maximum Gasteiger partial charge on any atom is 0.223 e. The minimum atomic E-state index is -0.0851. The van der Waals surface area contributed by atoms with Gasteiger partial charge in [0.1, 0.15) is 11.5 Å². The molecule has 2 aromatic heterocycles. The van der Waals surface area contributed by atoms with Crippen LogP contribution in [0.2, 0.25) is 0 Å². The highest BCUT2D eigenvalue weighted by molar-refractivity contribution is 5.79. The van der Waals surface area contributed by atoms with Crippen LogP contribution in [0.5, 0.6) is 0 Å². The first-order chi connectivity index (χ1) is 10.3. The zero-order valence-corrected chi connectivity index (χ0v) is 11.8. The highest BCUT2D eigenvalue weighted by Crippen LogP contribution is 2.25. The van der Waals surface area contributed by atoms with Gasteiger partial charge in [-0.2, -0.15) is 0 Å². The Hall–Kier alpha value is -2.23. The van der Waals surface area contributed by atoms with E-state index in [1.54, 1.807) is 12.5 Å². The first kappa shape index (κ1) is 13.7. The summed E-state index contributed by atoms with van der Waals surface area (Å²) in [5.41, 5.74) is 0. The van der Waals surface area contributed by atoms with Crippen molar-refractivity contribution in [2.75, 3.05) is 6.54 Å². The van der Waals surface area contributed by atoms with E-state index >= 15 is 0 Å². The summed E-state index contributed by atoms with van der Waals surface area (Å²) in [7, 11) is 0. The summed E-state index contributed by atoms with van der Waals surface area (Å²) in [4.78, 5) is 12.2. The third-order valence-electron chi connectivity index (χ3n) is 3.89. The van der Waals surface area contributed by atoms with Crippen LogP contribution >= 0.6 is 0 Å². The molecular formula is C17H19NO3. The van der Waals surface area contributed by atoms with Crippen LogP contribution in [-0.4, -0.2) is 12.5 Å². The van der Waals surface area contributed by atoms with E-state index < -0.39 is 0 Å². The molecule has 2 aromatic rings. The molecule has 3 rings (SSSR count). The van der Waals surface area contributed by atoms with Gasteiger partial charge in [0.05, 0.1) is 18.4 Å². The number of furan rings is 2. The molecule has 0 aromatic carbocycles. The van der Waals surface area contributed by atoms with Crippen LogP contribution in [0.15, 0.2) is 57.8 Å². The molecule has 21 heavy (non-hydrogen) atoms. The summed E-state index contributed by atoms with van der Waals surface area (Å²) in [5.74, 6) is 1.71. The zero-order valence-electron chi connectivity index (χ0n) is 11.8. The normalized spacial score (nSPS) is 18.0. The molecule has 0 aliphatic heterocycles. The van der Waals surface area contributed by atoms with Gasteiger partial charge in [-0.3, -0.25) is 4.79 Å². The first-order valence-corrected chi connectivity index (χ1v) is 7.34. The van der Waals surface area contributed by atoms with Crippen molar-refractivity contribution in [3.63, 3.8) is 0 Å². The molecule has 2 heterocycles. The largest absolute Gasteiger partial charge is 0.469 e. The quantitative estimate of drug-likeness (QED) is 0.856. The van der Waals surface area contributed by atoms with E-state index in [2.05, 4.69) is 17.5 Å². The van der Waals surface area contributed by atoms with E-state index in [1.807, 2.05) is 24.3 Å². The Labute approximate surface area is 123 Å². The van der Waals surface area contributed by atoms with Crippen LogP contribution in [-0.2, 0) is 4.79 Å². The van der Waals surface area contributed by atoms with E-state index in [-0.39, 0.29) is 17.7 Å². The Bertz CT molecular complexity index is 549. The molecule has 1 aliphatic rings. The second-order valence-electron chi connectivity index (χ2n) is 5.31. The number of amides is 1. The van der Waals surface area contributed by atoms with Gasteiger partial charge in [-0.25, -0.2) is 0 Å². The molecule has 0 spiro atoms. The predicted octanol–water partition coefficient (Wildman–Crippen LogP) is 3.48. The predicted molar refractivity (Wildman–Crippen MR) is 78.7 cm³/mol. The molecule has 0 saturated carbocycles. The molecular weight excluding hydrogens is 266 g/mol. The van der Waals surface area contributed by atoms with E-state index in [1.165, 1.54) is 0 Å². The summed E-state index contributed by atoms with van der Waals surface area (Å²) >= 11 is 0. The van der Waals surface area contributed by atoms with Crippen molar-refractivity contribution < 1.29 is 13.6 Å². The Morgan fingerprint density at radius 1 is 1.19 bits per heavy atom. The lowest BCUT2D eigenvalue weighted by Crippen LogP contribution is -2.34. The van der Waals surface area contributed by atoms with Gasteiger partial charge in [-0.05, 0) is 43.5 Å². The number of carbonyl (C=O) groups excluding carboxylic acids is 1. The van der Waals surface area contributed by atoms with Crippen molar-refractivity contribution in [2.24, 2.45) is 5.92 Å². The van der Waals surface area contributed by atoms with Gasteiger partial charge in [0.2, 0.25) is 5.91 Å². The van der Waals surface area contributed by atoms with Crippen LogP contribution in [0.4, 0.5) is 0 Å². The van der Waals surface area contributed by atoms with Crippen molar-refractivity contribution in [2.45, 2.75) is 25.2 Å². The Kier molecular flexibility index (Phi) is 4.24. The van der Waals surface area contributed by atoms with Gasteiger partial charge in [0.15, 0.2) is 0 Å². The standard InChI is InChI=1S/C17H19NO3/c19-17(13-6-2-1-3-7-13)18-12-14(15-8-4-10-20-15)16-9-5-11-21-16/h1-2,4-5,8-11,13-14H,3,6-7,12H2,(H,18,19). The first-order valence-electron chi connectivity index (χ1n) is 7.34. The van der Waals surface area contributed by atoms with E-state index in [0.717, 1.165) is 30.8 Å². The molecule has 1 N–H and O–H groups in total. The van der Waals surface area contributed by atoms with Crippen molar-refractivity contribution in [1.82, 2.24) is 5.32 Å². The second kappa shape index (κ2) is 6.48. The third-order valence-corrected chi connectivity index (χ3v) is 3.89. The van der Waals surface area contributed by atoms with Crippen molar-refractivity contribution in [1.29, 1.82) is 0 Å². The summed E-state index contributed by atoms with van der Waals surface area (Å²) in [6.45, 7) is 0.486. The summed E-state index contributed by atoms with van der Waals surface area (Å²) in [6.07, 6.45) is 10.2. The van der Waals surface area contributed by atoms with Gasteiger partial charge in [-0.1, -0.05) is 12.2 Å². The molecule has 0 fully saturated rings. The van der Waals surface area contributed by atoms with Gasteiger partial charge in [-0.15, -0.1) is 0 Å². The summed E-state index contributed by atoms with van der Waals surface area (Å²) in [6, 6.07) is 7.50. The molecule has 0 bridgehead atoms. The lowest BCUT2D eigenvalue weighted by atomic mass is 9.93. The molecule has 1 atom stereocenters. The molecule has 1 amide bonds. The van der Waals surface area contributed by atoms with Gasteiger partial charge in [0, 0.05) is 12.5 Å². The van der Waals surface area contributed by atoms with E-state index in [9.17, 15) is 4.79 Å². The molecule has 4 heteroatoms. The molecule has 0 radical (unpaired) electrons. The van der Waals surface area contributed by atoms with Crippen LogP contribution < -0.4 is 5.32 Å². The van der Waals surface area contributed by atoms with Crippen LogP contribution in [0, 0.1) is 5.92 Å². The Morgan fingerprint density at radius 3 is 2.43 bits per heavy atom. The fourth-order valence-corrected chi connectivity index (χ4v) is 2.70. The number of hydrogen-bond acceptors (Lipinski definition) is 3. The van der Waals surface area contributed by atoms with Crippen LogP contribution in [0.3, 0.4) is 0 Å². The maximum atomic E-state index is 12.2. The molecule has 1 aliphatic carbocycles. The Morgan fingerprint density at radius 2 is 1.90 bits per heavy atom. The lowest BCUT2D eigenvalue weighted by molar-refractivity contribution is -0.125. The van der Waals surface area contributed by atoms with Crippen LogP contribution in [0.1, 0.15) is 36.7 Å². The number of allylic oxidation sites excluding steroid dienone is 2. The average molecular weight is 285 g/mol. The highest BCUT2D eigenvalue weighted by Gasteiger charge is 2.23. The van der Waals surface area contributed by atoms with E-state index in [0.29, 0.717) is 6.54 Å². The topological polar surface area (TPSA) is 55.4 Å². The summed E-state index contributed by atoms with van der Waals surface area (Å²) in [5, 5.41) is 3.04. The second-order valence-corrected chi connectivity index (χ2v) is 5.31. The van der Waals surface area contributed by atoms with Gasteiger partial charge >= 0.3 is 0 Å². The lowest BCUT2D eigenvalue weighted by Gasteiger charge is -2.19. The Balaban J connectivity index is 1.65. The monoisotopic (exact) mass is 285 g/mol. The van der Waals surface area contributed by atoms with Crippen LogP contribution in [0.25, 0.3) is 0 Å². The fraction of sp³-hybridized carbons (Fsp3) is 0.353. The molecule has 0 saturated heterocycles. The minimum absolute atomic E-state index is 0.0851. The third kappa shape index (κ3) is 3.27. The van der Waals surface area contributed by atoms with Crippen molar-refractivity contribution in [3.8, 4) is 0 Å². The SMILES string of the molecule is O=C(NCC(c1ccco1)c1ccco1)C1CC=CCC1. The molecule has 1 unspecified atom stereocenters.